The van der Waals surface area contributed by atoms with Gasteiger partial charge in [0, 0.05) is 45.0 Å². The molecule has 0 bridgehead atoms. The van der Waals surface area contributed by atoms with Crippen LogP contribution in [0.3, 0.4) is 0 Å². The van der Waals surface area contributed by atoms with E-state index in [4.69, 9.17) is 0 Å². The van der Waals surface area contributed by atoms with Crippen LogP contribution >= 0.6 is 0 Å². The number of nitrogens with one attached hydrogen (secondary N) is 3. The Morgan fingerprint density at radius 3 is 2.12 bits per heavy atom. The van der Waals surface area contributed by atoms with E-state index in [1.807, 2.05) is 61.5 Å². The Morgan fingerprint density at radius 2 is 1.48 bits per heavy atom. The number of hydrogen-bond acceptors (Lipinski definition) is 3. The van der Waals surface area contributed by atoms with Crippen molar-refractivity contribution in [3.63, 3.8) is 0 Å². The topological polar surface area (TPSA) is 73.5 Å². The number of carbonyl (C=O) groups excluding carboxylic acids is 2. The zero-order valence-corrected chi connectivity index (χ0v) is 14.6. The zero-order valence-electron chi connectivity index (χ0n) is 14.6. The summed E-state index contributed by atoms with van der Waals surface area (Å²) in [6, 6.07) is 16.7. The summed E-state index contributed by atoms with van der Waals surface area (Å²) in [6.07, 6.45) is 0. The van der Waals surface area contributed by atoms with Gasteiger partial charge in [-0.3, -0.25) is 4.79 Å². The van der Waals surface area contributed by atoms with Crippen molar-refractivity contribution in [1.29, 1.82) is 0 Å². The Bertz CT molecular complexity index is 684. The van der Waals surface area contributed by atoms with E-state index < -0.39 is 0 Å². The molecule has 25 heavy (non-hydrogen) atoms. The van der Waals surface area contributed by atoms with E-state index in [-0.39, 0.29) is 11.9 Å². The molecule has 0 aliphatic rings. The maximum absolute atomic E-state index is 11.8. The molecule has 3 amide bonds. The molecule has 0 aliphatic heterocycles. The third kappa shape index (κ3) is 6.18. The maximum Gasteiger partial charge on any atom is 0.315 e. The van der Waals surface area contributed by atoms with Crippen molar-refractivity contribution < 1.29 is 9.59 Å². The summed E-state index contributed by atoms with van der Waals surface area (Å²) in [6.45, 7) is 1.19. The van der Waals surface area contributed by atoms with Crippen molar-refractivity contribution in [1.82, 2.24) is 16.0 Å². The van der Waals surface area contributed by atoms with Crippen molar-refractivity contribution in [2.24, 2.45) is 0 Å². The van der Waals surface area contributed by atoms with E-state index in [9.17, 15) is 9.59 Å². The summed E-state index contributed by atoms with van der Waals surface area (Å²) in [4.78, 5) is 25.6. The number of amides is 3. The minimum Gasteiger partial charge on any atom is -0.378 e. The van der Waals surface area contributed by atoms with Gasteiger partial charge in [0.05, 0.1) is 0 Å². The van der Waals surface area contributed by atoms with Crippen LogP contribution < -0.4 is 20.9 Å². The van der Waals surface area contributed by atoms with Crippen molar-refractivity contribution in [3.05, 3.63) is 65.7 Å². The first-order chi connectivity index (χ1) is 12.1. The molecule has 2 rings (SSSR count). The smallest absolute Gasteiger partial charge is 0.315 e. The van der Waals surface area contributed by atoms with Gasteiger partial charge in [0.2, 0.25) is 0 Å². The largest absolute Gasteiger partial charge is 0.378 e. The van der Waals surface area contributed by atoms with Gasteiger partial charge in [-0.2, -0.15) is 0 Å². The number of anilines is 1. The van der Waals surface area contributed by atoms with E-state index >= 15 is 0 Å². The minimum atomic E-state index is -0.259. The molecular formula is C19H24N4O2. The van der Waals surface area contributed by atoms with Crippen LogP contribution in [0.1, 0.15) is 15.9 Å². The quantitative estimate of drug-likeness (QED) is 0.675. The van der Waals surface area contributed by atoms with Gasteiger partial charge in [-0.1, -0.05) is 30.3 Å². The summed E-state index contributed by atoms with van der Waals surface area (Å²) in [5.41, 5.74) is 2.74. The van der Waals surface area contributed by atoms with Crippen LogP contribution in [0.5, 0.6) is 0 Å². The molecule has 6 heteroatoms. The van der Waals surface area contributed by atoms with Crippen LogP contribution in [-0.2, 0) is 6.54 Å². The van der Waals surface area contributed by atoms with Crippen molar-refractivity contribution in [2.45, 2.75) is 6.54 Å². The van der Waals surface area contributed by atoms with E-state index in [2.05, 4.69) is 16.0 Å². The molecule has 0 spiro atoms. The minimum absolute atomic E-state index is 0.149. The fourth-order valence-corrected chi connectivity index (χ4v) is 2.20. The van der Waals surface area contributed by atoms with Gasteiger partial charge in [-0.15, -0.1) is 0 Å². The lowest BCUT2D eigenvalue weighted by molar-refractivity contribution is 0.0954. The van der Waals surface area contributed by atoms with Crippen LogP contribution in [0.2, 0.25) is 0 Å². The molecule has 0 fully saturated rings. The second kappa shape index (κ2) is 9.32. The van der Waals surface area contributed by atoms with E-state index in [0.717, 1.165) is 11.3 Å². The second-order valence-corrected chi connectivity index (χ2v) is 5.79. The standard InChI is InChI=1S/C19H24N4O2/c1-23(2)17-10-8-15(9-11-17)14-22-19(25)21-13-12-20-18(24)16-6-4-3-5-7-16/h3-11H,12-14H2,1-2H3,(H,20,24)(H2,21,22,25). The van der Waals surface area contributed by atoms with Gasteiger partial charge in [0.25, 0.3) is 5.91 Å². The zero-order chi connectivity index (χ0) is 18.1. The Labute approximate surface area is 148 Å². The lowest BCUT2D eigenvalue weighted by Crippen LogP contribution is -2.40. The van der Waals surface area contributed by atoms with Gasteiger partial charge in [-0.25, -0.2) is 4.79 Å². The predicted molar refractivity (Wildman–Crippen MR) is 99.8 cm³/mol. The molecule has 0 saturated heterocycles. The number of urea groups is 1. The molecule has 0 radical (unpaired) electrons. The first-order valence-corrected chi connectivity index (χ1v) is 8.17. The van der Waals surface area contributed by atoms with Crippen molar-refractivity contribution >= 4 is 17.6 Å². The Kier molecular flexibility index (Phi) is 6.83. The highest BCUT2D eigenvalue weighted by Gasteiger charge is 2.04. The van der Waals surface area contributed by atoms with E-state index in [0.29, 0.717) is 25.2 Å². The molecule has 6 nitrogen and oxygen atoms in total. The Morgan fingerprint density at radius 1 is 0.840 bits per heavy atom. The molecule has 132 valence electrons. The number of carbonyl (C=O) groups is 2. The first kappa shape index (κ1) is 18.3. The molecular weight excluding hydrogens is 316 g/mol. The monoisotopic (exact) mass is 340 g/mol. The maximum atomic E-state index is 11.8. The molecule has 0 heterocycles. The van der Waals surface area contributed by atoms with Gasteiger partial charge >= 0.3 is 6.03 Å². The molecule has 0 atom stereocenters. The molecule has 0 saturated carbocycles. The Hall–Kier alpha value is -3.02. The van der Waals surface area contributed by atoms with Crippen molar-refractivity contribution in [3.8, 4) is 0 Å². The lowest BCUT2D eigenvalue weighted by atomic mass is 10.2. The molecule has 2 aromatic rings. The van der Waals surface area contributed by atoms with Crippen LogP contribution in [-0.4, -0.2) is 39.1 Å². The molecule has 3 N–H and O–H groups in total. The average molecular weight is 340 g/mol. The van der Waals surface area contributed by atoms with Crippen molar-refractivity contribution in [2.75, 3.05) is 32.1 Å². The first-order valence-electron chi connectivity index (χ1n) is 8.17. The van der Waals surface area contributed by atoms with E-state index in [1.54, 1.807) is 12.1 Å². The number of benzene rings is 2. The Balaban J connectivity index is 1.63. The fourth-order valence-electron chi connectivity index (χ4n) is 2.20. The SMILES string of the molecule is CN(C)c1ccc(CNC(=O)NCCNC(=O)c2ccccc2)cc1. The predicted octanol–water partition coefficient (Wildman–Crippen LogP) is 1.98. The average Bonchev–Trinajstić information content (AvgIpc) is 2.64. The third-order valence-corrected chi connectivity index (χ3v) is 3.64. The van der Waals surface area contributed by atoms with Gasteiger partial charge in [0.1, 0.15) is 0 Å². The van der Waals surface area contributed by atoms with Crippen LogP contribution in [0.25, 0.3) is 0 Å². The normalized spacial score (nSPS) is 10.0. The second-order valence-electron chi connectivity index (χ2n) is 5.79. The highest BCUT2D eigenvalue weighted by molar-refractivity contribution is 5.94. The summed E-state index contributed by atoms with van der Waals surface area (Å²) >= 11 is 0. The number of nitrogens with zero attached hydrogens (tertiary/aromatic N) is 1. The van der Waals surface area contributed by atoms with Crippen LogP contribution in [0.4, 0.5) is 10.5 Å². The summed E-state index contributed by atoms with van der Waals surface area (Å²) in [7, 11) is 3.97. The number of hydrogen-bond donors (Lipinski definition) is 3. The van der Waals surface area contributed by atoms with Gasteiger partial charge < -0.3 is 20.9 Å². The molecule has 2 aromatic carbocycles. The third-order valence-electron chi connectivity index (χ3n) is 3.64. The van der Waals surface area contributed by atoms with Gasteiger partial charge in [-0.05, 0) is 29.8 Å². The highest BCUT2D eigenvalue weighted by atomic mass is 16.2. The molecule has 0 aromatic heterocycles. The lowest BCUT2D eigenvalue weighted by Gasteiger charge is -2.13. The van der Waals surface area contributed by atoms with Crippen LogP contribution in [0.15, 0.2) is 54.6 Å². The fraction of sp³-hybridized carbons (Fsp3) is 0.263. The van der Waals surface area contributed by atoms with Crippen LogP contribution in [0, 0.1) is 0 Å². The van der Waals surface area contributed by atoms with Gasteiger partial charge in [0.15, 0.2) is 0 Å². The summed E-state index contributed by atoms with van der Waals surface area (Å²) in [5.74, 6) is -0.149. The summed E-state index contributed by atoms with van der Waals surface area (Å²) < 4.78 is 0. The molecule has 0 unspecified atom stereocenters. The van der Waals surface area contributed by atoms with E-state index in [1.165, 1.54) is 0 Å². The number of rotatable bonds is 7. The molecule has 0 aliphatic carbocycles. The highest BCUT2D eigenvalue weighted by Crippen LogP contribution is 2.11. The summed E-state index contributed by atoms with van der Waals surface area (Å²) in [5, 5.41) is 8.27.